The third kappa shape index (κ3) is 4.16. The first-order chi connectivity index (χ1) is 7.00. The molecule has 3 N–H and O–H groups in total. The number of aryl methyl sites for hydroxylation is 1. The van der Waals surface area contributed by atoms with Crippen LogP contribution < -0.4 is 11.1 Å². The molecule has 0 aliphatic rings. The molecule has 1 rings (SSSR count). The van der Waals surface area contributed by atoms with Gasteiger partial charge in [0.2, 0.25) is 5.91 Å². The zero-order chi connectivity index (χ0) is 11.4. The van der Waals surface area contributed by atoms with Crippen LogP contribution in [0.1, 0.15) is 19.5 Å². The van der Waals surface area contributed by atoms with Crippen LogP contribution in [0, 0.1) is 12.8 Å². The standard InChI is InChI=1S/C11H17N3O.ClH/c1-7(2)10(12)11(15)14-9-5-4-8(3)13-6-9;/h4-7,10H,12H2,1-3H3,(H,14,15);1H/t10-;/m1./s1. The van der Waals surface area contributed by atoms with Crippen LogP contribution in [0.3, 0.4) is 0 Å². The molecular formula is C11H18ClN3O. The molecule has 1 aromatic rings. The van der Waals surface area contributed by atoms with Crippen LogP contribution >= 0.6 is 12.4 Å². The van der Waals surface area contributed by atoms with Crippen molar-refractivity contribution in [3.8, 4) is 0 Å². The summed E-state index contributed by atoms with van der Waals surface area (Å²) in [6, 6.07) is 3.18. The highest BCUT2D eigenvalue weighted by molar-refractivity contribution is 5.94. The van der Waals surface area contributed by atoms with Crippen molar-refractivity contribution >= 4 is 24.0 Å². The first-order valence-electron chi connectivity index (χ1n) is 5.00. The van der Waals surface area contributed by atoms with Crippen LogP contribution in [0.4, 0.5) is 5.69 Å². The van der Waals surface area contributed by atoms with E-state index in [-0.39, 0.29) is 24.2 Å². The van der Waals surface area contributed by atoms with Crippen molar-refractivity contribution in [2.45, 2.75) is 26.8 Å². The lowest BCUT2D eigenvalue weighted by Crippen LogP contribution is -2.39. The van der Waals surface area contributed by atoms with Gasteiger partial charge < -0.3 is 11.1 Å². The molecule has 90 valence electrons. The highest BCUT2D eigenvalue weighted by atomic mass is 35.5. The fourth-order valence-electron chi connectivity index (χ4n) is 1.07. The Bertz CT molecular complexity index is 338. The van der Waals surface area contributed by atoms with E-state index >= 15 is 0 Å². The SMILES string of the molecule is Cc1ccc(NC(=O)[C@H](N)C(C)C)cn1.Cl. The number of nitrogens with one attached hydrogen (secondary N) is 1. The smallest absolute Gasteiger partial charge is 0.241 e. The van der Waals surface area contributed by atoms with Gasteiger partial charge in [0.1, 0.15) is 0 Å². The Morgan fingerprint density at radius 3 is 2.50 bits per heavy atom. The molecule has 0 aliphatic heterocycles. The summed E-state index contributed by atoms with van der Waals surface area (Å²) in [4.78, 5) is 15.7. The minimum absolute atomic E-state index is 0. The van der Waals surface area contributed by atoms with Crippen LogP contribution in [0.25, 0.3) is 0 Å². The molecule has 1 aromatic heterocycles. The van der Waals surface area contributed by atoms with Gasteiger partial charge in [-0.3, -0.25) is 9.78 Å². The third-order valence-electron chi connectivity index (χ3n) is 2.20. The molecule has 0 spiro atoms. The van der Waals surface area contributed by atoms with Gasteiger partial charge in [0, 0.05) is 5.69 Å². The van der Waals surface area contributed by atoms with Crippen molar-refractivity contribution in [2.24, 2.45) is 11.7 Å². The van der Waals surface area contributed by atoms with Gasteiger partial charge in [-0.2, -0.15) is 0 Å². The Kier molecular flexibility index (Phi) is 6.00. The summed E-state index contributed by atoms with van der Waals surface area (Å²) in [7, 11) is 0. The van der Waals surface area contributed by atoms with Crippen molar-refractivity contribution in [3.63, 3.8) is 0 Å². The number of anilines is 1. The van der Waals surface area contributed by atoms with Crippen molar-refractivity contribution in [3.05, 3.63) is 24.0 Å². The lowest BCUT2D eigenvalue weighted by molar-refractivity contribution is -0.118. The molecule has 0 aliphatic carbocycles. The van der Waals surface area contributed by atoms with Crippen LogP contribution in [0.2, 0.25) is 0 Å². The quantitative estimate of drug-likeness (QED) is 0.850. The first-order valence-corrected chi connectivity index (χ1v) is 5.00. The number of hydrogen-bond donors (Lipinski definition) is 2. The van der Waals surface area contributed by atoms with Crippen molar-refractivity contribution < 1.29 is 4.79 Å². The summed E-state index contributed by atoms with van der Waals surface area (Å²) in [6.45, 7) is 5.72. The average Bonchev–Trinajstić information content (AvgIpc) is 2.20. The average molecular weight is 244 g/mol. The highest BCUT2D eigenvalue weighted by Gasteiger charge is 2.16. The molecule has 0 saturated carbocycles. The number of aromatic nitrogens is 1. The van der Waals surface area contributed by atoms with Crippen molar-refractivity contribution in [1.29, 1.82) is 0 Å². The number of amides is 1. The number of rotatable bonds is 3. The highest BCUT2D eigenvalue weighted by Crippen LogP contribution is 2.07. The van der Waals surface area contributed by atoms with E-state index in [0.717, 1.165) is 5.69 Å². The molecule has 1 amide bonds. The van der Waals surface area contributed by atoms with Crippen LogP contribution in [-0.2, 0) is 4.79 Å². The number of pyridine rings is 1. The van der Waals surface area contributed by atoms with Gasteiger partial charge in [-0.1, -0.05) is 13.8 Å². The predicted molar refractivity (Wildman–Crippen MR) is 67.7 cm³/mol. The van der Waals surface area contributed by atoms with E-state index in [1.165, 1.54) is 0 Å². The Labute approximate surface area is 102 Å². The number of carbonyl (C=O) groups is 1. The van der Waals surface area contributed by atoms with Crippen molar-refractivity contribution in [2.75, 3.05) is 5.32 Å². The minimum atomic E-state index is -0.480. The maximum absolute atomic E-state index is 11.6. The van der Waals surface area contributed by atoms with E-state index in [4.69, 9.17) is 5.73 Å². The molecule has 4 nitrogen and oxygen atoms in total. The molecule has 0 saturated heterocycles. The molecule has 5 heteroatoms. The van der Waals surface area contributed by atoms with Gasteiger partial charge >= 0.3 is 0 Å². The number of halogens is 1. The van der Waals surface area contributed by atoms with E-state index < -0.39 is 6.04 Å². The van der Waals surface area contributed by atoms with E-state index in [0.29, 0.717) is 5.69 Å². The predicted octanol–water partition coefficient (Wildman–Crippen LogP) is 1.73. The van der Waals surface area contributed by atoms with Gasteiger partial charge in [-0.05, 0) is 25.0 Å². The summed E-state index contributed by atoms with van der Waals surface area (Å²) >= 11 is 0. The minimum Gasteiger partial charge on any atom is -0.323 e. The molecule has 0 unspecified atom stereocenters. The van der Waals surface area contributed by atoms with Gasteiger partial charge in [0.25, 0.3) is 0 Å². The second kappa shape index (κ2) is 6.45. The van der Waals surface area contributed by atoms with Gasteiger partial charge in [0.15, 0.2) is 0 Å². The number of nitrogens with two attached hydrogens (primary N) is 1. The normalized spacial score (nSPS) is 11.8. The number of carbonyl (C=O) groups excluding carboxylic acids is 1. The van der Waals surface area contributed by atoms with E-state index in [2.05, 4.69) is 10.3 Å². The third-order valence-corrected chi connectivity index (χ3v) is 2.20. The summed E-state index contributed by atoms with van der Waals surface area (Å²) in [6.07, 6.45) is 1.63. The largest absolute Gasteiger partial charge is 0.323 e. The van der Waals surface area contributed by atoms with Crippen LogP contribution in [0.15, 0.2) is 18.3 Å². The van der Waals surface area contributed by atoms with Crippen LogP contribution in [-0.4, -0.2) is 16.9 Å². The summed E-state index contributed by atoms with van der Waals surface area (Å²) in [5.74, 6) is -0.0425. The summed E-state index contributed by atoms with van der Waals surface area (Å²) in [5.41, 5.74) is 7.31. The second-order valence-electron chi connectivity index (χ2n) is 3.95. The molecule has 1 heterocycles. The zero-order valence-corrected chi connectivity index (χ0v) is 10.5. The zero-order valence-electron chi connectivity index (χ0n) is 9.73. The monoisotopic (exact) mass is 243 g/mol. The second-order valence-corrected chi connectivity index (χ2v) is 3.95. The Balaban J connectivity index is 0.00000225. The fourth-order valence-corrected chi connectivity index (χ4v) is 1.07. The van der Waals surface area contributed by atoms with Gasteiger partial charge in [0.05, 0.1) is 17.9 Å². The number of nitrogens with zero attached hydrogens (tertiary/aromatic N) is 1. The lowest BCUT2D eigenvalue weighted by Gasteiger charge is -2.15. The molecule has 0 bridgehead atoms. The Hall–Kier alpha value is -1.13. The summed E-state index contributed by atoms with van der Waals surface area (Å²) < 4.78 is 0. The molecule has 0 radical (unpaired) electrons. The lowest BCUT2D eigenvalue weighted by atomic mass is 10.1. The van der Waals surface area contributed by atoms with Crippen molar-refractivity contribution in [1.82, 2.24) is 4.98 Å². The molecule has 1 atom stereocenters. The van der Waals surface area contributed by atoms with E-state index in [9.17, 15) is 4.79 Å². The van der Waals surface area contributed by atoms with Gasteiger partial charge in [-0.25, -0.2) is 0 Å². The Morgan fingerprint density at radius 2 is 2.06 bits per heavy atom. The topological polar surface area (TPSA) is 68.0 Å². The maximum Gasteiger partial charge on any atom is 0.241 e. The molecule has 0 fully saturated rings. The number of hydrogen-bond acceptors (Lipinski definition) is 3. The molecule has 16 heavy (non-hydrogen) atoms. The maximum atomic E-state index is 11.6. The first kappa shape index (κ1) is 14.9. The van der Waals surface area contributed by atoms with E-state index in [1.807, 2.05) is 32.9 Å². The van der Waals surface area contributed by atoms with E-state index in [1.54, 1.807) is 6.20 Å². The molecule has 0 aromatic carbocycles. The Morgan fingerprint density at radius 1 is 1.44 bits per heavy atom. The van der Waals surface area contributed by atoms with Crippen LogP contribution in [0.5, 0.6) is 0 Å². The fraction of sp³-hybridized carbons (Fsp3) is 0.455. The molecular weight excluding hydrogens is 226 g/mol. The van der Waals surface area contributed by atoms with Gasteiger partial charge in [-0.15, -0.1) is 12.4 Å². The summed E-state index contributed by atoms with van der Waals surface area (Å²) in [5, 5.41) is 2.72.